The van der Waals surface area contributed by atoms with E-state index in [2.05, 4.69) is 26.2 Å². The van der Waals surface area contributed by atoms with Gasteiger partial charge in [-0.25, -0.2) is 9.78 Å². The molecule has 1 aliphatic rings. The molecule has 1 saturated heterocycles. The van der Waals surface area contributed by atoms with Crippen molar-refractivity contribution in [3.8, 4) is 0 Å². The summed E-state index contributed by atoms with van der Waals surface area (Å²) in [7, 11) is 0. The molecule has 2 rings (SSSR count). The highest BCUT2D eigenvalue weighted by Gasteiger charge is 2.28. The molecule has 0 spiro atoms. The van der Waals surface area contributed by atoms with Crippen molar-refractivity contribution in [2.24, 2.45) is 0 Å². The van der Waals surface area contributed by atoms with Crippen LogP contribution in [0.3, 0.4) is 0 Å². The number of hydrogen-bond acceptors (Lipinski definition) is 3. The van der Waals surface area contributed by atoms with Gasteiger partial charge in [0.25, 0.3) is 0 Å². The van der Waals surface area contributed by atoms with Gasteiger partial charge in [-0.1, -0.05) is 6.07 Å². The van der Waals surface area contributed by atoms with Crippen LogP contribution in [0.1, 0.15) is 5.56 Å². The van der Waals surface area contributed by atoms with Crippen molar-refractivity contribution in [3.05, 3.63) is 28.5 Å². The molecular weight excluding hydrogens is 262 g/mol. The van der Waals surface area contributed by atoms with Crippen molar-refractivity contribution in [1.82, 2.24) is 15.2 Å². The van der Waals surface area contributed by atoms with Crippen LogP contribution in [0.2, 0.25) is 0 Å². The van der Waals surface area contributed by atoms with Gasteiger partial charge in [-0.3, -0.25) is 9.69 Å². The van der Waals surface area contributed by atoms with Gasteiger partial charge in [0, 0.05) is 6.20 Å². The second-order valence-electron chi connectivity index (χ2n) is 3.13. The van der Waals surface area contributed by atoms with E-state index in [4.69, 9.17) is 0 Å². The number of halogens is 1. The van der Waals surface area contributed by atoms with Crippen molar-refractivity contribution in [3.63, 3.8) is 0 Å². The lowest BCUT2D eigenvalue weighted by Gasteiger charge is -2.11. The molecule has 0 aromatic carbocycles. The molecule has 1 aromatic rings. The van der Waals surface area contributed by atoms with Crippen LogP contribution in [-0.2, 0) is 11.3 Å². The van der Waals surface area contributed by atoms with Gasteiger partial charge in [-0.2, -0.15) is 0 Å². The minimum atomic E-state index is -0.345. The highest BCUT2D eigenvalue weighted by Crippen LogP contribution is 2.10. The quantitative estimate of drug-likeness (QED) is 0.641. The predicted octanol–water partition coefficient (Wildman–Crippen LogP) is 0.896. The Bertz CT molecular complexity index is 388. The summed E-state index contributed by atoms with van der Waals surface area (Å²) >= 11 is 3.21. The number of pyridine rings is 1. The third-order valence-corrected chi connectivity index (χ3v) is 2.54. The van der Waals surface area contributed by atoms with E-state index in [1.807, 2.05) is 6.07 Å². The summed E-state index contributed by atoms with van der Waals surface area (Å²) in [6, 6.07) is 3.24. The second kappa shape index (κ2) is 3.98. The van der Waals surface area contributed by atoms with E-state index < -0.39 is 0 Å². The normalized spacial score (nSPS) is 15.7. The lowest BCUT2D eigenvalue weighted by atomic mass is 10.3. The molecular formula is C9H8BrN3O2. The van der Waals surface area contributed by atoms with Crippen LogP contribution in [0.4, 0.5) is 4.79 Å². The molecule has 6 heteroatoms. The van der Waals surface area contributed by atoms with E-state index in [0.717, 1.165) is 10.2 Å². The smallest absolute Gasteiger partial charge is 0.324 e. The number of carbonyl (C=O) groups is 2. The SMILES string of the molecule is O=C1CNC(=O)N1Cc1ccc(Br)nc1. The maximum absolute atomic E-state index is 11.3. The summed E-state index contributed by atoms with van der Waals surface area (Å²) in [6.45, 7) is 0.355. The lowest BCUT2D eigenvalue weighted by Crippen LogP contribution is -2.30. The molecule has 1 fully saturated rings. The number of amides is 3. The van der Waals surface area contributed by atoms with E-state index >= 15 is 0 Å². The molecule has 1 aromatic heterocycles. The van der Waals surface area contributed by atoms with Gasteiger partial charge < -0.3 is 5.32 Å². The summed E-state index contributed by atoms with van der Waals surface area (Å²) in [6.07, 6.45) is 1.63. The molecule has 0 atom stereocenters. The number of hydrogen-bond donors (Lipinski definition) is 1. The molecule has 3 amide bonds. The number of nitrogens with zero attached hydrogens (tertiary/aromatic N) is 2. The van der Waals surface area contributed by atoms with Crippen molar-refractivity contribution in [2.45, 2.75) is 6.54 Å². The first-order valence-electron chi connectivity index (χ1n) is 4.35. The average molecular weight is 270 g/mol. The molecule has 0 unspecified atom stereocenters. The molecule has 1 aliphatic heterocycles. The summed E-state index contributed by atoms with van der Waals surface area (Å²) in [4.78, 5) is 27.7. The fourth-order valence-corrected chi connectivity index (χ4v) is 1.53. The standard InChI is InChI=1S/C9H8BrN3O2/c10-7-2-1-6(3-11-7)5-13-8(14)4-12-9(13)15/h1-3H,4-5H2,(H,12,15). The van der Waals surface area contributed by atoms with E-state index in [-0.39, 0.29) is 25.0 Å². The molecule has 78 valence electrons. The first-order chi connectivity index (χ1) is 7.16. The zero-order valence-electron chi connectivity index (χ0n) is 7.74. The second-order valence-corrected chi connectivity index (χ2v) is 3.94. The average Bonchev–Trinajstić information content (AvgIpc) is 2.53. The van der Waals surface area contributed by atoms with Gasteiger partial charge in [-0.05, 0) is 27.6 Å². The van der Waals surface area contributed by atoms with Crippen LogP contribution >= 0.6 is 15.9 Å². The monoisotopic (exact) mass is 269 g/mol. The molecule has 0 radical (unpaired) electrons. The van der Waals surface area contributed by atoms with Gasteiger partial charge in [0.1, 0.15) is 4.60 Å². The van der Waals surface area contributed by atoms with Crippen LogP contribution in [0.5, 0.6) is 0 Å². The van der Waals surface area contributed by atoms with Crippen molar-refractivity contribution < 1.29 is 9.59 Å². The minimum absolute atomic E-state index is 0.0861. The number of imide groups is 1. The summed E-state index contributed by atoms with van der Waals surface area (Å²) in [5.41, 5.74) is 0.823. The third kappa shape index (κ3) is 2.15. The Kier molecular flexibility index (Phi) is 2.68. The topological polar surface area (TPSA) is 62.3 Å². The van der Waals surface area contributed by atoms with Crippen LogP contribution in [0, 0.1) is 0 Å². The van der Waals surface area contributed by atoms with Crippen molar-refractivity contribution in [2.75, 3.05) is 6.54 Å². The third-order valence-electron chi connectivity index (χ3n) is 2.07. The van der Waals surface area contributed by atoms with Crippen LogP contribution in [0.25, 0.3) is 0 Å². The summed E-state index contributed by atoms with van der Waals surface area (Å²) in [5, 5.41) is 2.46. The van der Waals surface area contributed by atoms with Gasteiger partial charge in [0.05, 0.1) is 13.1 Å². The molecule has 0 aliphatic carbocycles. The Morgan fingerprint density at radius 3 is 2.80 bits per heavy atom. The highest BCUT2D eigenvalue weighted by molar-refractivity contribution is 9.10. The van der Waals surface area contributed by atoms with Crippen molar-refractivity contribution in [1.29, 1.82) is 0 Å². The van der Waals surface area contributed by atoms with Crippen LogP contribution in [-0.4, -0.2) is 28.4 Å². The maximum Gasteiger partial charge on any atom is 0.324 e. The maximum atomic E-state index is 11.3. The predicted molar refractivity (Wildman–Crippen MR) is 55.9 cm³/mol. The van der Waals surface area contributed by atoms with E-state index in [1.54, 1.807) is 12.3 Å². The number of urea groups is 1. The number of rotatable bonds is 2. The zero-order valence-corrected chi connectivity index (χ0v) is 9.32. The van der Waals surface area contributed by atoms with Crippen LogP contribution in [0.15, 0.2) is 22.9 Å². The van der Waals surface area contributed by atoms with Gasteiger partial charge in [-0.15, -0.1) is 0 Å². The fourth-order valence-electron chi connectivity index (χ4n) is 1.30. The summed E-state index contributed by atoms with van der Waals surface area (Å²) in [5.74, 6) is -0.206. The Hall–Kier alpha value is -1.43. The first-order valence-corrected chi connectivity index (χ1v) is 5.15. The Balaban J connectivity index is 2.11. The van der Waals surface area contributed by atoms with E-state index in [0.29, 0.717) is 0 Å². The molecule has 0 bridgehead atoms. The van der Waals surface area contributed by atoms with E-state index in [9.17, 15) is 9.59 Å². The van der Waals surface area contributed by atoms with Gasteiger partial charge in [0.2, 0.25) is 5.91 Å². The number of carbonyl (C=O) groups excluding carboxylic acids is 2. The summed E-state index contributed by atoms with van der Waals surface area (Å²) < 4.78 is 0.725. The highest BCUT2D eigenvalue weighted by atomic mass is 79.9. The Labute approximate surface area is 94.6 Å². The molecule has 1 N–H and O–H groups in total. The largest absolute Gasteiger partial charge is 0.329 e. The van der Waals surface area contributed by atoms with Gasteiger partial charge >= 0.3 is 6.03 Å². The van der Waals surface area contributed by atoms with Crippen molar-refractivity contribution >= 4 is 27.9 Å². The molecule has 15 heavy (non-hydrogen) atoms. The van der Waals surface area contributed by atoms with E-state index in [1.165, 1.54) is 4.90 Å². The first kappa shape index (κ1) is 10.1. The molecule has 5 nitrogen and oxygen atoms in total. The van der Waals surface area contributed by atoms with Crippen LogP contribution < -0.4 is 5.32 Å². The fraction of sp³-hybridized carbons (Fsp3) is 0.222. The number of aromatic nitrogens is 1. The Morgan fingerprint density at radius 2 is 2.27 bits per heavy atom. The Morgan fingerprint density at radius 1 is 1.47 bits per heavy atom. The van der Waals surface area contributed by atoms with Gasteiger partial charge in [0.15, 0.2) is 0 Å². The molecule has 2 heterocycles. The minimum Gasteiger partial charge on any atom is -0.329 e. The molecule has 0 saturated carbocycles. The number of nitrogens with one attached hydrogen (secondary N) is 1. The zero-order chi connectivity index (χ0) is 10.8. The lowest BCUT2D eigenvalue weighted by molar-refractivity contribution is -0.125.